The summed E-state index contributed by atoms with van der Waals surface area (Å²) in [5, 5.41) is 2.83. The van der Waals surface area contributed by atoms with Crippen molar-refractivity contribution in [3.63, 3.8) is 0 Å². The first-order valence-electron chi connectivity index (χ1n) is 8.30. The molecule has 0 unspecified atom stereocenters. The Hall–Kier alpha value is -3.47. The fraction of sp³-hybridized carbons (Fsp3) is 0.0952. The largest absolute Gasteiger partial charge is 0.485 e. The van der Waals surface area contributed by atoms with Gasteiger partial charge >= 0.3 is 0 Å². The lowest BCUT2D eigenvalue weighted by Crippen LogP contribution is -2.40. The topological polar surface area (TPSA) is 56.8 Å². The summed E-state index contributed by atoms with van der Waals surface area (Å²) >= 11 is 0. The first-order valence-corrected chi connectivity index (χ1v) is 8.30. The van der Waals surface area contributed by atoms with E-state index in [1.807, 2.05) is 48.5 Å². The molecule has 0 bridgehead atoms. The van der Waals surface area contributed by atoms with Crippen LogP contribution in [-0.2, 0) is 4.79 Å². The van der Waals surface area contributed by atoms with E-state index >= 15 is 0 Å². The monoisotopic (exact) mass is 347 g/mol. The van der Waals surface area contributed by atoms with Crippen LogP contribution in [0.4, 0.5) is 5.69 Å². The van der Waals surface area contributed by atoms with Gasteiger partial charge in [0.1, 0.15) is 18.1 Å². The van der Waals surface area contributed by atoms with E-state index in [1.54, 1.807) is 30.3 Å². The van der Waals surface area contributed by atoms with Gasteiger partial charge in [-0.2, -0.15) is 0 Å². The van der Waals surface area contributed by atoms with Gasteiger partial charge in [-0.1, -0.05) is 30.3 Å². The van der Waals surface area contributed by atoms with Gasteiger partial charge in [0.15, 0.2) is 11.5 Å². The molecule has 0 saturated carbocycles. The van der Waals surface area contributed by atoms with Crippen molar-refractivity contribution in [3.8, 4) is 23.0 Å². The summed E-state index contributed by atoms with van der Waals surface area (Å²) in [6, 6.07) is 24.0. The van der Waals surface area contributed by atoms with Gasteiger partial charge in [-0.15, -0.1) is 0 Å². The van der Waals surface area contributed by atoms with E-state index in [0.29, 0.717) is 22.9 Å². The molecule has 0 spiro atoms. The number of amides is 1. The number of rotatable bonds is 4. The molecule has 3 aromatic carbocycles. The Kier molecular flexibility index (Phi) is 4.43. The standard InChI is InChI=1S/C21H17NO4/c23-21(20-14-24-18-8-4-5-9-19(18)26-20)22-15-10-12-17(13-11-15)25-16-6-2-1-3-7-16/h1-13,20H,14H2,(H,22,23)/t20-/m1/s1. The summed E-state index contributed by atoms with van der Waals surface area (Å²) in [6.07, 6.45) is -0.690. The fourth-order valence-corrected chi connectivity index (χ4v) is 2.60. The first kappa shape index (κ1) is 16.0. The number of anilines is 1. The zero-order chi connectivity index (χ0) is 17.8. The lowest BCUT2D eigenvalue weighted by Gasteiger charge is -2.25. The Morgan fingerprint density at radius 3 is 2.27 bits per heavy atom. The van der Waals surface area contributed by atoms with E-state index < -0.39 is 6.10 Å². The molecule has 5 nitrogen and oxygen atoms in total. The quantitative estimate of drug-likeness (QED) is 0.766. The van der Waals surface area contributed by atoms with Crippen molar-refractivity contribution in [1.29, 1.82) is 0 Å². The Labute approximate surface area is 151 Å². The Balaban J connectivity index is 1.37. The first-order chi connectivity index (χ1) is 12.8. The van der Waals surface area contributed by atoms with Crippen LogP contribution >= 0.6 is 0 Å². The number of hydrogen-bond acceptors (Lipinski definition) is 4. The Bertz CT molecular complexity index is 893. The van der Waals surface area contributed by atoms with Gasteiger partial charge < -0.3 is 19.5 Å². The molecular weight excluding hydrogens is 330 g/mol. The zero-order valence-electron chi connectivity index (χ0n) is 13.9. The maximum Gasteiger partial charge on any atom is 0.269 e. The van der Waals surface area contributed by atoms with Crippen LogP contribution in [0.25, 0.3) is 0 Å². The van der Waals surface area contributed by atoms with E-state index in [-0.39, 0.29) is 12.5 Å². The average molecular weight is 347 g/mol. The zero-order valence-corrected chi connectivity index (χ0v) is 13.9. The molecule has 3 aromatic rings. The maximum atomic E-state index is 12.4. The summed E-state index contributed by atoms with van der Waals surface area (Å²) in [7, 11) is 0. The average Bonchev–Trinajstić information content (AvgIpc) is 2.70. The Morgan fingerprint density at radius 2 is 1.50 bits per heavy atom. The lowest BCUT2D eigenvalue weighted by atomic mass is 10.2. The van der Waals surface area contributed by atoms with Crippen molar-refractivity contribution < 1.29 is 19.0 Å². The van der Waals surface area contributed by atoms with Crippen LogP contribution in [0.2, 0.25) is 0 Å². The molecule has 0 radical (unpaired) electrons. The highest BCUT2D eigenvalue weighted by atomic mass is 16.6. The summed E-state index contributed by atoms with van der Waals surface area (Å²) in [5.41, 5.74) is 0.665. The lowest BCUT2D eigenvalue weighted by molar-refractivity contribution is -0.125. The van der Waals surface area contributed by atoms with Crippen molar-refractivity contribution in [3.05, 3.63) is 78.9 Å². The van der Waals surface area contributed by atoms with E-state index in [0.717, 1.165) is 5.75 Å². The van der Waals surface area contributed by atoms with Crippen molar-refractivity contribution in [2.24, 2.45) is 0 Å². The molecule has 1 atom stereocenters. The second kappa shape index (κ2) is 7.19. The van der Waals surface area contributed by atoms with Crippen molar-refractivity contribution >= 4 is 11.6 Å². The number of carbonyl (C=O) groups excluding carboxylic acids is 1. The number of ether oxygens (including phenoxy) is 3. The second-order valence-corrected chi connectivity index (χ2v) is 5.79. The van der Waals surface area contributed by atoms with E-state index in [1.165, 1.54) is 0 Å². The number of fused-ring (bicyclic) bond motifs is 1. The van der Waals surface area contributed by atoms with Gasteiger partial charge in [-0.3, -0.25) is 4.79 Å². The third kappa shape index (κ3) is 3.62. The van der Waals surface area contributed by atoms with Crippen molar-refractivity contribution in [2.45, 2.75) is 6.10 Å². The fourth-order valence-electron chi connectivity index (χ4n) is 2.60. The van der Waals surface area contributed by atoms with E-state index in [4.69, 9.17) is 14.2 Å². The molecule has 0 saturated heterocycles. The predicted octanol–water partition coefficient (Wildman–Crippen LogP) is 4.26. The highest BCUT2D eigenvalue weighted by Gasteiger charge is 2.27. The molecule has 0 aromatic heterocycles. The normalized spacial score (nSPS) is 15.2. The van der Waals surface area contributed by atoms with Gasteiger partial charge in [0, 0.05) is 5.69 Å². The van der Waals surface area contributed by atoms with Crippen LogP contribution in [-0.4, -0.2) is 18.6 Å². The molecule has 1 aliphatic heterocycles. The molecule has 1 amide bonds. The van der Waals surface area contributed by atoms with Crippen LogP contribution < -0.4 is 19.5 Å². The van der Waals surface area contributed by atoms with Gasteiger partial charge in [-0.25, -0.2) is 0 Å². The minimum Gasteiger partial charge on any atom is -0.485 e. The van der Waals surface area contributed by atoms with Crippen LogP contribution in [0.3, 0.4) is 0 Å². The van der Waals surface area contributed by atoms with Crippen molar-refractivity contribution in [2.75, 3.05) is 11.9 Å². The summed E-state index contributed by atoms with van der Waals surface area (Å²) in [5.74, 6) is 2.43. The molecule has 26 heavy (non-hydrogen) atoms. The molecule has 1 aliphatic rings. The minimum atomic E-state index is -0.690. The molecule has 0 fully saturated rings. The molecule has 0 aliphatic carbocycles. The van der Waals surface area contributed by atoms with Crippen molar-refractivity contribution in [1.82, 2.24) is 0 Å². The van der Waals surface area contributed by atoms with Gasteiger partial charge in [-0.05, 0) is 48.5 Å². The smallest absolute Gasteiger partial charge is 0.269 e. The molecule has 4 rings (SSSR count). The van der Waals surface area contributed by atoms with Crippen LogP contribution in [0.5, 0.6) is 23.0 Å². The van der Waals surface area contributed by atoms with E-state index in [2.05, 4.69) is 5.32 Å². The molecule has 1 N–H and O–H groups in total. The SMILES string of the molecule is O=C(Nc1ccc(Oc2ccccc2)cc1)[C@H]1COc2ccccc2O1. The maximum absolute atomic E-state index is 12.4. The highest BCUT2D eigenvalue weighted by molar-refractivity contribution is 5.94. The Morgan fingerprint density at radius 1 is 0.846 bits per heavy atom. The number of carbonyl (C=O) groups is 1. The number of nitrogens with one attached hydrogen (secondary N) is 1. The molecule has 130 valence electrons. The number of benzene rings is 3. The third-order valence-corrected chi connectivity index (χ3v) is 3.90. The van der Waals surface area contributed by atoms with Crippen LogP contribution in [0.1, 0.15) is 0 Å². The van der Waals surface area contributed by atoms with Gasteiger partial charge in [0.25, 0.3) is 5.91 Å². The predicted molar refractivity (Wildman–Crippen MR) is 97.9 cm³/mol. The van der Waals surface area contributed by atoms with Crippen LogP contribution in [0, 0.1) is 0 Å². The van der Waals surface area contributed by atoms with Crippen LogP contribution in [0.15, 0.2) is 78.9 Å². The van der Waals surface area contributed by atoms with Gasteiger partial charge in [0.05, 0.1) is 0 Å². The number of para-hydroxylation sites is 3. The third-order valence-electron chi connectivity index (χ3n) is 3.90. The number of hydrogen-bond donors (Lipinski definition) is 1. The minimum absolute atomic E-state index is 0.179. The summed E-state index contributed by atoms with van der Waals surface area (Å²) in [4.78, 5) is 12.4. The van der Waals surface area contributed by atoms with E-state index in [9.17, 15) is 4.79 Å². The van der Waals surface area contributed by atoms with Gasteiger partial charge in [0.2, 0.25) is 6.10 Å². The molecular formula is C21H17NO4. The summed E-state index contributed by atoms with van der Waals surface area (Å²) in [6.45, 7) is 0.179. The molecule has 5 heteroatoms. The highest BCUT2D eigenvalue weighted by Crippen LogP contribution is 2.31. The summed E-state index contributed by atoms with van der Waals surface area (Å²) < 4.78 is 17.0. The molecule has 1 heterocycles. The second-order valence-electron chi connectivity index (χ2n) is 5.79.